The number of nitro groups is 1. The largest absolute Gasteiger partial charge is 0.298 e. The molecule has 0 aliphatic rings. The van der Waals surface area contributed by atoms with Crippen molar-refractivity contribution in [2.24, 2.45) is 0 Å². The number of thiazole rings is 1. The Bertz CT molecular complexity index is 1560. The number of para-hydroxylation sites is 1. The SMILES string of the molecule is Cc1c(-c2ccc(Cl)cc2)nc2ccccc2c1C(=O)Nc1nc2ccc([N+](=O)[O-])cc2s1. The van der Waals surface area contributed by atoms with Crippen LogP contribution in [0.25, 0.3) is 32.4 Å². The number of carbonyl (C=O) groups excluding carboxylic acids is 1. The highest BCUT2D eigenvalue weighted by Crippen LogP contribution is 2.33. The fourth-order valence-electron chi connectivity index (χ4n) is 3.73. The van der Waals surface area contributed by atoms with Gasteiger partial charge in [-0.1, -0.05) is 53.3 Å². The zero-order valence-electron chi connectivity index (χ0n) is 17.2. The Morgan fingerprint density at radius 2 is 1.79 bits per heavy atom. The minimum atomic E-state index is -0.456. The number of hydrogen-bond acceptors (Lipinski definition) is 6. The number of benzene rings is 3. The van der Waals surface area contributed by atoms with Crippen LogP contribution in [0.4, 0.5) is 10.8 Å². The lowest BCUT2D eigenvalue weighted by molar-refractivity contribution is -0.384. The number of carbonyl (C=O) groups is 1. The second kappa shape index (κ2) is 8.23. The highest BCUT2D eigenvalue weighted by molar-refractivity contribution is 7.22. The van der Waals surface area contributed by atoms with Crippen LogP contribution >= 0.6 is 22.9 Å². The molecule has 3 aromatic carbocycles. The smallest absolute Gasteiger partial charge is 0.270 e. The number of nitrogens with zero attached hydrogens (tertiary/aromatic N) is 3. The predicted molar refractivity (Wildman–Crippen MR) is 131 cm³/mol. The van der Waals surface area contributed by atoms with E-state index in [1.165, 1.54) is 23.5 Å². The van der Waals surface area contributed by atoms with Crippen molar-refractivity contribution in [3.8, 4) is 11.3 Å². The molecular formula is C24H15ClN4O3S. The molecular weight excluding hydrogens is 460 g/mol. The molecule has 0 atom stereocenters. The van der Waals surface area contributed by atoms with Gasteiger partial charge in [0, 0.05) is 28.1 Å². The van der Waals surface area contributed by atoms with Gasteiger partial charge in [0.1, 0.15) is 0 Å². The van der Waals surface area contributed by atoms with Gasteiger partial charge in [0.25, 0.3) is 11.6 Å². The first-order valence-corrected chi connectivity index (χ1v) is 11.1. The molecule has 0 saturated carbocycles. The maximum Gasteiger partial charge on any atom is 0.270 e. The van der Waals surface area contributed by atoms with Crippen LogP contribution in [-0.2, 0) is 0 Å². The summed E-state index contributed by atoms with van der Waals surface area (Å²) < 4.78 is 0.623. The van der Waals surface area contributed by atoms with Gasteiger partial charge in [-0.3, -0.25) is 20.2 Å². The lowest BCUT2D eigenvalue weighted by Gasteiger charge is -2.14. The molecule has 0 bridgehead atoms. The predicted octanol–water partition coefficient (Wildman–Crippen LogP) is 6.63. The number of halogens is 1. The summed E-state index contributed by atoms with van der Waals surface area (Å²) in [5.41, 5.74) is 4.02. The van der Waals surface area contributed by atoms with Gasteiger partial charge in [-0.15, -0.1) is 0 Å². The summed E-state index contributed by atoms with van der Waals surface area (Å²) in [7, 11) is 0. The van der Waals surface area contributed by atoms with Gasteiger partial charge in [0.2, 0.25) is 0 Å². The van der Waals surface area contributed by atoms with E-state index in [9.17, 15) is 14.9 Å². The second-order valence-electron chi connectivity index (χ2n) is 7.37. The minimum absolute atomic E-state index is 0.0207. The molecule has 1 amide bonds. The van der Waals surface area contributed by atoms with Crippen LogP contribution in [0.2, 0.25) is 5.02 Å². The number of aromatic nitrogens is 2. The number of non-ortho nitro benzene ring substituents is 1. The van der Waals surface area contributed by atoms with Gasteiger partial charge in [-0.25, -0.2) is 9.97 Å². The number of fused-ring (bicyclic) bond motifs is 2. The maximum absolute atomic E-state index is 13.4. The average molecular weight is 475 g/mol. The molecule has 9 heteroatoms. The topological polar surface area (TPSA) is 98.0 Å². The lowest BCUT2D eigenvalue weighted by atomic mass is 9.97. The number of hydrogen-bond donors (Lipinski definition) is 1. The van der Waals surface area contributed by atoms with Gasteiger partial charge in [-0.2, -0.15) is 0 Å². The van der Waals surface area contributed by atoms with Crippen molar-refractivity contribution in [1.29, 1.82) is 0 Å². The first-order chi connectivity index (χ1) is 15.9. The van der Waals surface area contributed by atoms with Crippen molar-refractivity contribution >= 4 is 60.8 Å². The number of anilines is 1. The normalized spacial score (nSPS) is 11.1. The van der Waals surface area contributed by atoms with Crippen molar-refractivity contribution in [2.75, 3.05) is 5.32 Å². The van der Waals surface area contributed by atoms with Gasteiger partial charge >= 0.3 is 0 Å². The quantitative estimate of drug-likeness (QED) is 0.233. The maximum atomic E-state index is 13.4. The Balaban J connectivity index is 1.59. The van der Waals surface area contributed by atoms with Crippen LogP contribution in [-0.4, -0.2) is 20.8 Å². The first kappa shape index (κ1) is 21.0. The van der Waals surface area contributed by atoms with Gasteiger partial charge in [0.15, 0.2) is 5.13 Å². The molecule has 0 radical (unpaired) electrons. The van der Waals surface area contributed by atoms with E-state index in [-0.39, 0.29) is 11.6 Å². The fourth-order valence-corrected chi connectivity index (χ4v) is 4.75. The molecule has 0 unspecified atom stereocenters. The molecule has 5 aromatic rings. The van der Waals surface area contributed by atoms with E-state index in [2.05, 4.69) is 10.3 Å². The van der Waals surface area contributed by atoms with E-state index in [1.807, 2.05) is 43.3 Å². The summed E-state index contributed by atoms with van der Waals surface area (Å²) in [5, 5.41) is 15.6. The van der Waals surface area contributed by atoms with Crippen LogP contribution in [0.1, 0.15) is 15.9 Å². The molecule has 0 aliphatic heterocycles. The molecule has 2 heterocycles. The van der Waals surface area contributed by atoms with Crippen LogP contribution in [0.15, 0.2) is 66.7 Å². The van der Waals surface area contributed by atoms with Crippen LogP contribution in [0, 0.1) is 17.0 Å². The van der Waals surface area contributed by atoms with Crippen molar-refractivity contribution in [1.82, 2.24) is 9.97 Å². The Morgan fingerprint density at radius 1 is 1.03 bits per heavy atom. The molecule has 33 heavy (non-hydrogen) atoms. The van der Waals surface area contributed by atoms with Gasteiger partial charge in [-0.05, 0) is 36.8 Å². The Hall–Kier alpha value is -3.88. The van der Waals surface area contributed by atoms with Crippen molar-refractivity contribution < 1.29 is 9.72 Å². The van der Waals surface area contributed by atoms with E-state index < -0.39 is 4.92 Å². The third-order valence-corrected chi connectivity index (χ3v) is 6.47. The lowest BCUT2D eigenvalue weighted by Crippen LogP contribution is -2.15. The standard InChI is InChI=1S/C24H15ClN4O3S/c1-13-21(23(30)28-24-27-19-11-10-16(29(31)32)12-20(19)33-24)17-4-2-3-5-18(17)26-22(13)14-6-8-15(25)9-7-14/h2-12H,1H3,(H,27,28,30). The molecule has 2 aromatic heterocycles. The van der Waals surface area contributed by atoms with E-state index in [4.69, 9.17) is 16.6 Å². The fraction of sp³-hybridized carbons (Fsp3) is 0.0417. The van der Waals surface area contributed by atoms with E-state index in [1.54, 1.807) is 18.2 Å². The Kier molecular flexibility index (Phi) is 5.24. The third-order valence-electron chi connectivity index (χ3n) is 5.28. The zero-order chi connectivity index (χ0) is 23.1. The highest BCUT2D eigenvalue weighted by Gasteiger charge is 2.20. The molecule has 0 saturated heterocycles. The summed E-state index contributed by atoms with van der Waals surface area (Å²) in [6.07, 6.45) is 0. The summed E-state index contributed by atoms with van der Waals surface area (Å²) in [6, 6.07) is 19.2. The Morgan fingerprint density at radius 3 is 2.55 bits per heavy atom. The molecule has 5 rings (SSSR count). The van der Waals surface area contributed by atoms with Crippen molar-refractivity contribution in [2.45, 2.75) is 6.92 Å². The minimum Gasteiger partial charge on any atom is -0.298 e. The molecule has 0 spiro atoms. The molecule has 7 nitrogen and oxygen atoms in total. The number of nitrogens with one attached hydrogen (secondary N) is 1. The summed E-state index contributed by atoms with van der Waals surface area (Å²) in [6.45, 7) is 1.86. The van der Waals surface area contributed by atoms with Crippen LogP contribution in [0.3, 0.4) is 0 Å². The van der Waals surface area contributed by atoms with E-state index >= 15 is 0 Å². The summed E-state index contributed by atoms with van der Waals surface area (Å²) in [4.78, 5) is 33.2. The van der Waals surface area contributed by atoms with Crippen molar-refractivity contribution in [3.63, 3.8) is 0 Å². The third kappa shape index (κ3) is 3.90. The van der Waals surface area contributed by atoms with Gasteiger partial charge in [0.05, 0.1) is 31.9 Å². The Labute approximate surface area is 196 Å². The van der Waals surface area contributed by atoms with Crippen LogP contribution < -0.4 is 5.32 Å². The van der Waals surface area contributed by atoms with Gasteiger partial charge < -0.3 is 0 Å². The summed E-state index contributed by atoms with van der Waals surface area (Å²) >= 11 is 7.23. The number of nitro benzene ring substituents is 1. The molecule has 1 N–H and O–H groups in total. The van der Waals surface area contributed by atoms with E-state index in [0.717, 1.165) is 16.5 Å². The number of amides is 1. The summed E-state index contributed by atoms with van der Waals surface area (Å²) in [5.74, 6) is -0.324. The monoisotopic (exact) mass is 474 g/mol. The molecule has 0 aliphatic carbocycles. The van der Waals surface area contributed by atoms with Crippen molar-refractivity contribution in [3.05, 3.63) is 93.0 Å². The highest BCUT2D eigenvalue weighted by atomic mass is 35.5. The first-order valence-electron chi connectivity index (χ1n) is 9.92. The number of pyridine rings is 1. The van der Waals surface area contributed by atoms with Crippen LogP contribution in [0.5, 0.6) is 0 Å². The van der Waals surface area contributed by atoms with E-state index in [0.29, 0.717) is 37.1 Å². The zero-order valence-corrected chi connectivity index (χ0v) is 18.8. The molecule has 0 fully saturated rings. The number of rotatable bonds is 4. The molecule has 162 valence electrons. The second-order valence-corrected chi connectivity index (χ2v) is 8.83. The average Bonchev–Trinajstić information content (AvgIpc) is 3.20.